The maximum Gasteiger partial charge on any atom is 0.400 e. The molecule has 0 fully saturated rings. The fourth-order valence-electron chi connectivity index (χ4n) is 0.476. The van der Waals surface area contributed by atoms with E-state index in [9.17, 15) is 13.6 Å². The molecule has 1 aromatic rings. The van der Waals surface area contributed by atoms with E-state index in [1.807, 2.05) is 0 Å². The minimum Gasteiger partial charge on any atom is -0.476 e. The molecule has 0 aromatic carbocycles. The lowest BCUT2D eigenvalue weighted by Gasteiger charge is -2.04. The molecular weight excluding hydrogens is 160 g/mol. The first-order valence-electron chi connectivity index (χ1n) is 2.55. The molecule has 0 bridgehead atoms. The summed E-state index contributed by atoms with van der Waals surface area (Å²) >= 11 is 0. The molecular formula is C5H3F2NO3. The minimum atomic E-state index is -3.99. The molecule has 0 saturated heterocycles. The molecule has 0 saturated carbocycles. The van der Waals surface area contributed by atoms with E-state index in [2.05, 4.69) is 9.40 Å². The summed E-state index contributed by atoms with van der Waals surface area (Å²) in [5, 5.41) is 7.98. The van der Waals surface area contributed by atoms with Crippen LogP contribution in [0.3, 0.4) is 0 Å². The standard InChI is InChI=1S/C5H3F2NO3/c6-5(7,4(9)10)3-1-8-2-11-3/h1-2H,(H,9,10). The van der Waals surface area contributed by atoms with E-state index in [4.69, 9.17) is 5.11 Å². The van der Waals surface area contributed by atoms with E-state index >= 15 is 0 Å². The summed E-state index contributed by atoms with van der Waals surface area (Å²) in [5.41, 5.74) is 0. The van der Waals surface area contributed by atoms with Crippen molar-refractivity contribution in [1.29, 1.82) is 0 Å². The highest BCUT2D eigenvalue weighted by Gasteiger charge is 2.44. The molecule has 11 heavy (non-hydrogen) atoms. The van der Waals surface area contributed by atoms with Gasteiger partial charge in [-0.2, -0.15) is 8.78 Å². The Bertz CT molecular complexity index is 257. The third kappa shape index (κ3) is 1.19. The average molecular weight is 163 g/mol. The summed E-state index contributed by atoms with van der Waals surface area (Å²) in [6.45, 7) is 0. The topological polar surface area (TPSA) is 63.3 Å². The van der Waals surface area contributed by atoms with Crippen LogP contribution in [0.25, 0.3) is 0 Å². The first-order chi connectivity index (χ1) is 5.05. The summed E-state index contributed by atoms with van der Waals surface area (Å²) < 4.78 is 28.9. The van der Waals surface area contributed by atoms with E-state index < -0.39 is 17.7 Å². The van der Waals surface area contributed by atoms with Crippen molar-refractivity contribution < 1.29 is 23.1 Å². The zero-order valence-electron chi connectivity index (χ0n) is 5.12. The second-order valence-electron chi connectivity index (χ2n) is 1.75. The third-order valence-corrected chi connectivity index (χ3v) is 1.01. The SMILES string of the molecule is O=C(O)C(F)(F)c1cnco1. The van der Waals surface area contributed by atoms with Gasteiger partial charge in [0.2, 0.25) is 5.76 Å². The van der Waals surface area contributed by atoms with Crippen molar-refractivity contribution in [3.63, 3.8) is 0 Å². The number of aliphatic carboxylic acids is 1. The van der Waals surface area contributed by atoms with E-state index in [1.165, 1.54) is 0 Å². The molecule has 0 unspecified atom stereocenters. The van der Waals surface area contributed by atoms with Crippen molar-refractivity contribution in [3.05, 3.63) is 18.4 Å². The summed E-state index contributed by atoms with van der Waals surface area (Å²) in [6, 6.07) is 0. The fourth-order valence-corrected chi connectivity index (χ4v) is 0.476. The number of nitrogens with zero attached hydrogens (tertiary/aromatic N) is 1. The number of hydrogen-bond donors (Lipinski definition) is 1. The van der Waals surface area contributed by atoms with Gasteiger partial charge in [-0.25, -0.2) is 9.78 Å². The number of hydrogen-bond acceptors (Lipinski definition) is 3. The quantitative estimate of drug-likeness (QED) is 0.701. The molecule has 1 aromatic heterocycles. The number of oxazole rings is 1. The van der Waals surface area contributed by atoms with Gasteiger partial charge in [-0.3, -0.25) is 0 Å². The molecule has 0 aliphatic rings. The predicted octanol–water partition coefficient (Wildman–Crippen LogP) is 0.851. The van der Waals surface area contributed by atoms with Crippen LogP contribution in [-0.4, -0.2) is 16.1 Å². The Labute approximate surface area is 59.5 Å². The van der Waals surface area contributed by atoms with Crippen LogP contribution >= 0.6 is 0 Å². The molecule has 0 aliphatic carbocycles. The Morgan fingerprint density at radius 1 is 1.73 bits per heavy atom. The van der Waals surface area contributed by atoms with Crippen molar-refractivity contribution in [2.24, 2.45) is 0 Å². The van der Waals surface area contributed by atoms with Crippen LogP contribution in [0.1, 0.15) is 5.76 Å². The molecule has 0 atom stereocenters. The second-order valence-corrected chi connectivity index (χ2v) is 1.75. The Morgan fingerprint density at radius 3 is 2.73 bits per heavy atom. The van der Waals surface area contributed by atoms with E-state index in [0.29, 0.717) is 6.20 Å². The Balaban J connectivity index is 3.00. The van der Waals surface area contributed by atoms with Crippen LogP contribution in [-0.2, 0) is 10.7 Å². The lowest BCUT2D eigenvalue weighted by atomic mass is 10.3. The van der Waals surface area contributed by atoms with E-state index in [1.54, 1.807) is 0 Å². The van der Waals surface area contributed by atoms with Gasteiger partial charge in [-0.15, -0.1) is 0 Å². The molecule has 0 aliphatic heterocycles. The first-order valence-corrected chi connectivity index (χ1v) is 2.55. The fraction of sp³-hybridized carbons (Fsp3) is 0.200. The Hall–Kier alpha value is -1.46. The largest absolute Gasteiger partial charge is 0.476 e. The first kappa shape index (κ1) is 7.64. The van der Waals surface area contributed by atoms with E-state index in [0.717, 1.165) is 6.39 Å². The summed E-state index contributed by atoms with van der Waals surface area (Å²) in [5.74, 6) is -7.21. The maximum atomic E-state index is 12.4. The summed E-state index contributed by atoms with van der Waals surface area (Å²) in [6.07, 6.45) is 1.40. The van der Waals surface area contributed by atoms with Crippen molar-refractivity contribution in [2.45, 2.75) is 5.92 Å². The predicted molar refractivity (Wildman–Crippen MR) is 28.0 cm³/mol. The molecule has 6 heteroatoms. The number of carboxylic acids is 1. The normalized spacial score (nSPS) is 11.5. The molecule has 0 spiro atoms. The van der Waals surface area contributed by atoms with Crippen molar-refractivity contribution in [2.75, 3.05) is 0 Å². The monoisotopic (exact) mass is 163 g/mol. The number of halogens is 2. The highest BCUT2D eigenvalue weighted by Crippen LogP contribution is 2.27. The van der Waals surface area contributed by atoms with E-state index in [-0.39, 0.29) is 0 Å². The number of aromatic nitrogens is 1. The zero-order chi connectivity index (χ0) is 8.48. The number of carboxylic acid groups (broad SMARTS) is 1. The molecule has 60 valence electrons. The molecule has 1 rings (SSSR count). The van der Waals surface area contributed by atoms with Crippen LogP contribution in [0.5, 0.6) is 0 Å². The zero-order valence-corrected chi connectivity index (χ0v) is 5.12. The van der Waals surface area contributed by atoms with Crippen LogP contribution in [0.15, 0.2) is 17.0 Å². The van der Waals surface area contributed by atoms with Crippen LogP contribution in [0.4, 0.5) is 8.78 Å². The number of alkyl halides is 2. The van der Waals surface area contributed by atoms with Gasteiger partial charge in [0.05, 0.1) is 6.20 Å². The molecule has 1 N–H and O–H groups in total. The highest BCUT2D eigenvalue weighted by atomic mass is 19.3. The van der Waals surface area contributed by atoms with Crippen LogP contribution < -0.4 is 0 Å². The van der Waals surface area contributed by atoms with Gasteiger partial charge in [-0.05, 0) is 0 Å². The van der Waals surface area contributed by atoms with Crippen molar-refractivity contribution >= 4 is 5.97 Å². The molecule has 0 radical (unpaired) electrons. The molecule has 0 amide bonds. The van der Waals surface area contributed by atoms with Crippen molar-refractivity contribution in [1.82, 2.24) is 4.98 Å². The van der Waals surface area contributed by atoms with Gasteiger partial charge < -0.3 is 9.52 Å². The third-order valence-electron chi connectivity index (χ3n) is 1.01. The Kier molecular flexibility index (Phi) is 1.60. The van der Waals surface area contributed by atoms with Gasteiger partial charge in [0.15, 0.2) is 6.39 Å². The van der Waals surface area contributed by atoms with Crippen LogP contribution in [0.2, 0.25) is 0 Å². The number of carbonyl (C=O) groups is 1. The van der Waals surface area contributed by atoms with Gasteiger partial charge in [-0.1, -0.05) is 0 Å². The van der Waals surface area contributed by atoms with Gasteiger partial charge in [0.1, 0.15) is 0 Å². The molecule has 1 heterocycles. The van der Waals surface area contributed by atoms with Crippen molar-refractivity contribution in [3.8, 4) is 0 Å². The highest BCUT2D eigenvalue weighted by molar-refractivity contribution is 5.76. The van der Waals surface area contributed by atoms with Gasteiger partial charge in [0, 0.05) is 0 Å². The van der Waals surface area contributed by atoms with Gasteiger partial charge >= 0.3 is 11.9 Å². The summed E-state index contributed by atoms with van der Waals surface area (Å²) in [7, 11) is 0. The smallest absolute Gasteiger partial charge is 0.400 e. The minimum absolute atomic E-state index is 0.661. The molecule has 4 nitrogen and oxygen atoms in total. The van der Waals surface area contributed by atoms with Crippen LogP contribution in [0, 0.1) is 0 Å². The Morgan fingerprint density at radius 2 is 2.36 bits per heavy atom. The maximum absolute atomic E-state index is 12.4. The summed E-state index contributed by atoms with van der Waals surface area (Å²) in [4.78, 5) is 13.0. The number of rotatable bonds is 2. The van der Waals surface area contributed by atoms with Gasteiger partial charge in [0.25, 0.3) is 0 Å². The lowest BCUT2D eigenvalue weighted by molar-refractivity contribution is -0.169. The average Bonchev–Trinajstić information content (AvgIpc) is 2.37. The second kappa shape index (κ2) is 2.30. The lowest BCUT2D eigenvalue weighted by Crippen LogP contribution is -2.24.